The van der Waals surface area contributed by atoms with Crippen LogP contribution in [0.1, 0.15) is 57.4 Å². The standard InChI is InChI=1S/C20H28O4/c1-2-15-23-19(22)20(24-16-9-14-21,17-10-5-3-6-11-17)18-12-7-4-8-13-18/h3,5-6,10-11,14,18H,2,4,7-9,12-13,15-16H2,1H3. The molecule has 1 atom stereocenters. The van der Waals surface area contributed by atoms with Crippen molar-refractivity contribution in [2.45, 2.75) is 57.5 Å². The lowest BCUT2D eigenvalue weighted by Gasteiger charge is -2.40. The molecule has 2 rings (SSSR count). The van der Waals surface area contributed by atoms with Gasteiger partial charge < -0.3 is 14.3 Å². The zero-order chi connectivity index (χ0) is 17.3. The van der Waals surface area contributed by atoms with Gasteiger partial charge in [-0.25, -0.2) is 4.79 Å². The van der Waals surface area contributed by atoms with Gasteiger partial charge >= 0.3 is 5.97 Å². The van der Waals surface area contributed by atoms with Crippen molar-refractivity contribution in [2.75, 3.05) is 13.2 Å². The second-order valence-corrected chi connectivity index (χ2v) is 6.38. The van der Waals surface area contributed by atoms with E-state index in [0.29, 0.717) is 6.61 Å². The van der Waals surface area contributed by atoms with Crippen molar-refractivity contribution >= 4 is 12.3 Å². The van der Waals surface area contributed by atoms with Gasteiger partial charge in [0.2, 0.25) is 0 Å². The van der Waals surface area contributed by atoms with E-state index in [-0.39, 0.29) is 24.9 Å². The van der Waals surface area contributed by atoms with E-state index >= 15 is 0 Å². The highest BCUT2D eigenvalue weighted by atomic mass is 16.6. The lowest BCUT2D eigenvalue weighted by atomic mass is 9.73. The second kappa shape index (κ2) is 9.58. The van der Waals surface area contributed by atoms with Gasteiger partial charge in [0.1, 0.15) is 6.29 Å². The Kier molecular flexibility index (Phi) is 7.44. The van der Waals surface area contributed by atoms with Gasteiger partial charge in [0, 0.05) is 12.3 Å². The summed E-state index contributed by atoms with van der Waals surface area (Å²) in [5.74, 6) is -0.224. The van der Waals surface area contributed by atoms with Crippen molar-refractivity contribution in [1.82, 2.24) is 0 Å². The zero-order valence-electron chi connectivity index (χ0n) is 14.5. The van der Waals surface area contributed by atoms with Crippen LogP contribution in [0.2, 0.25) is 0 Å². The van der Waals surface area contributed by atoms with E-state index < -0.39 is 5.60 Å². The summed E-state index contributed by atoms with van der Waals surface area (Å²) < 4.78 is 11.7. The van der Waals surface area contributed by atoms with Crippen LogP contribution in [0, 0.1) is 5.92 Å². The van der Waals surface area contributed by atoms with Crippen molar-refractivity contribution in [3.05, 3.63) is 35.9 Å². The summed E-state index contributed by atoms with van der Waals surface area (Å²) in [6.07, 6.45) is 7.15. The third-order valence-electron chi connectivity index (χ3n) is 4.69. The van der Waals surface area contributed by atoms with Crippen LogP contribution >= 0.6 is 0 Å². The van der Waals surface area contributed by atoms with Gasteiger partial charge in [-0.05, 0) is 24.8 Å². The summed E-state index contributed by atoms with van der Waals surface area (Å²) in [7, 11) is 0. The molecule has 4 nitrogen and oxygen atoms in total. The highest BCUT2D eigenvalue weighted by molar-refractivity contribution is 5.82. The quantitative estimate of drug-likeness (QED) is 0.389. The Morgan fingerprint density at radius 1 is 1.17 bits per heavy atom. The molecule has 0 radical (unpaired) electrons. The number of hydrogen-bond acceptors (Lipinski definition) is 4. The van der Waals surface area contributed by atoms with E-state index in [0.717, 1.165) is 44.0 Å². The van der Waals surface area contributed by atoms with Crippen molar-refractivity contribution in [3.63, 3.8) is 0 Å². The molecule has 0 amide bonds. The van der Waals surface area contributed by atoms with Gasteiger partial charge in [0.25, 0.3) is 0 Å². The summed E-state index contributed by atoms with van der Waals surface area (Å²) in [6, 6.07) is 9.63. The lowest BCUT2D eigenvalue weighted by Crippen LogP contribution is -2.48. The van der Waals surface area contributed by atoms with Gasteiger partial charge in [-0.1, -0.05) is 56.5 Å². The molecule has 4 heteroatoms. The maximum absolute atomic E-state index is 13.1. The fraction of sp³-hybridized carbons (Fsp3) is 0.600. The first-order chi connectivity index (χ1) is 11.8. The van der Waals surface area contributed by atoms with E-state index in [1.165, 1.54) is 6.42 Å². The van der Waals surface area contributed by atoms with Crippen LogP contribution in [-0.4, -0.2) is 25.5 Å². The summed E-state index contributed by atoms with van der Waals surface area (Å²) in [5.41, 5.74) is -0.260. The maximum Gasteiger partial charge on any atom is 0.343 e. The van der Waals surface area contributed by atoms with E-state index in [9.17, 15) is 9.59 Å². The molecule has 1 aliphatic carbocycles. The highest BCUT2D eigenvalue weighted by Gasteiger charge is 2.49. The number of carbonyl (C=O) groups is 2. The van der Waals surface area contributed by atoms with Crippen LogP contribution < -0.4 is 0 Å². The number of aldehydes is 1. The molecule has 1 aliphatic rings. The summed E-state index contributed by atoms with van der Waals surface area (Å²) in [4.78, 5) is 23.8. The number of benzene rings is 1. The van der Waals surface area contributed by atoms with Crippen molar-refractivity contribution in [3.8, 4) is 0 Å². The zero-order valence-corrected chi connectivity index (χ0v) is 14.5. The molecule has 0 N–H and O–H groups in total. The smallest absolute Gasteiger partial charge is 0.343 e. The molecule has 1 saturated carbocycles. The molecule has 1 unspecified atom stereocenters. The van der Waals surface area contributed by atoms with Crippen LogP contribution in [0.15, 0.2) is 30.3 Å². The number of esters is 1. The van der Waals surface area contributed by atoms with Crippen molar-refractivity contribution in [2.24, 2.45) is 5.92 Å². The molecule has 0 aliphatic heterocycles. The topological polar surface area (TPSA) is 52.6 Å². The predicted molar refractivity (Wildman–Crippen MR) is 92.6 cm³/mol. The van der Waals surface area contributed by atoms with Gasteiger partial charge in [0.15, 0.2) is 5.60 Å². The molecular formula is C20H28O4. The average molecular weight is 332 g/mol. The molecule has 1 aromatic carbocycles. The second-order valence-electron chi connectivity index (χ2n) is 6.38. The first-order valence-electron chi connectivity index (χ1n) is 9.06. The molecular weight excluding hydrogens is 304 g/mol. The van der Waals surface area contributed by atoms with E-state index in [1.807, 2.05) is 37.3 Å². The Balaban J connectivity index is 2.40. The molecule has 1 aromatic rings. The van der Waals surface area contributed by atoms with E-state index in [2.05, 4.69) is 0 Å². The molecule has 1 fully saturated rings. The van der Waals surface area contributed by atoms with Crippen molar-refractivity contribution in [1.29, 1.82) is 0 Å². The Hall–Kier alpha value is -1.68. The van der Waals surface area contributed by atoms with Crippen LogP contribution in [-0.2, 0) is 24.7 Å². The Labute approximate surface area is 144 Å². The third kappa shape index (κ3) is 4.23. The number of rotatable bonds is 9. The Morgan fingerprint density at radius 2 is 1.88 bits per heavy atom. The molecule has 0 saturated heterocycles. The van der Waals surface area contributed by atoms with Crippen LogP contribution in [0.4, 0.5) is 0 Å². The molecule has 0 spiro atoms. The minimum absolute atomic E-state index is 0.0876. The lowest BCUT2D eigenvalue weighted by molar-refractivity contribution is -0.187. The third-order valence-corrected chi connectivity index (χ3v) is 4.69. The largest absolute Gasteiger partial charge is 0.463 e. The fourth-order valence-electron chi connectivity index (χ4n) is 3.55. The van der Waals surface area contributed by atoms with Crippen LogP contribution in [0.5, 0.6) is 0 Å². The number of ether oxygens (including phenoxy) is 2. The highest BCUT2D eigenvalue weighted by Crippen LogP contribution is 2.43. The molecule has 0 bridgehead atoms. The first-order valence-corrected chi connectivity index (χ1v) is 9.06. The first kappa shape index (κ1) is 18.7. The van der Waals surface area contributed by atoms with Gasteiger partial charge in [-0.15, -0.1) is 0 Å². The number of hydrogen-bond donors (Lipinski definition) is 0. The molecule has 0 aromatic heterocycles. The van der Waals surface area contributed by atoms with Crippen LogP contribution in [0.3, 0.4) is 0 Å². The van der Waals surface area contributed by atoms with Gasteiger partial charge in [-0.2, -0.15) is 0 Å². The molecule has 0 heterocycles. The minimum atomic E-state index is -1.10. The Morgan fingerprint density at radius 3 is 2.50 bits per heavy atom. The predicted octanol–water partition coefficient (Wildman–Crippen LogP) is 4.02. The van der Waals surface area contributed by atoms with Crippen molar-refractivity contribution < 1.29 is 19.1 Å². The normalized spacial score (nSPS) is 17.9. The average Bonchev–Trinajstić information content (AvgIpc) is 2.65. The van der Waals surface area contributed by atoms with E-state index in [4.69, 9.17) is 9.47 Å². The summed E-state index contributed by atoms with van der Waals surface area (Å²) >= 11 is 0. The summed E-state index contributed by atoms with van der Waals surface area (Å²) in [6.45, 7) is 2.60. The SMILES string of the molecule is CCCOC(=O)C(OCCC=O)(c1ccccc1)C1CCCCC1. The fourth-order valence-corrected chi connectivity index (χ4v) is 3.55. The van der Waals surface area contributed by atoms with Gasteiger partial charge in [-0.3, -0.25) is 0 Å². The van der Waals surface area contributed by atoms with E-state index in [1.54, 1.807) is 0 Å². The Bertz CT molecular complexity index is 508. The molecule has 132 valence electrons. The molecule has 24 heavy (non-hydrogen) atoms. The summed E-state index contributed by atoms with van der Waals surface area (Å²) in [5, 5.41) is 0. The monoisotopic (exact) mass is 332 g/mol. The van der Waals surface area contributed by atoms with Crippen LogP contribution in [0.25, 0.3) is 0 Å². The maximum atomic E-state index is 13.1. The number of carbonyl (C=O) groups excluding carboxylic acids is 2. The minimum Gasteiger partial charge on any atom is -0.463 e. The van der Waals surface area contributed by atoms with Gasteiger partial charge in [0.05, 0.1) is 13.2 Å².